The zero-order valence-electron chi connectivity index (χ0n) is 18.1. The Bertz CT molecular complexity index is 1040. The molecule has 2 aromatic rings. The normalized spacial score (nSPS) is 18.3. The number of hydrogen-bond acceptors (Lipinski definition) is 5. The first-order chi connectivity index (χ1) is 14.9. The molecule has 2 aromatic carbocycles. The maximum atomic E-state index is 13.0. The second kappa shape index (κ2) is 8.98. The second-order valence-corrected chi connectivity index (χ2v) is 10.0. The molecule has 0 bridgehead atoms. The van der Waals surface area contributed by atoms with E-state index in [1.807, 2.05) is 44.2 Å². The summed E-state index contributed by atoms with van der Waals surface area (Å²) in [5.41, 5.74) is 3.73. The van der Waals surface area contributed by atoms with Crippen molar-refractivity contribution in [1.29, 1.82) is 0 Å². The van der Waals surface area contributed by atoms with E-state index in [4.69, 9.17) is 4.74 Å². The summed E-state index contributed by atoms with van der Waals surface area (Å²) >= 11 is 0. The van der Waals surface area contributed by atoms with Crippen LogP contribution in [-0.2, 0) is 14.8 Å². The van der Waals surface area contributed by atoms with Gasteiger partial charge in [-0.3, -0.25) is 4.79 Å². The van der Waals surface area contributed by atoms with Gasteiger partial charge in [0, 0.05) is 50.5 Å². The minimum Gasteiger partial charge on any atom is -0.378 e. The molecule has 166 valence electrons. The minimum absolute atomic E-state index is 0.0586. The van der Waals surface area contributed by atoms with Gasteiger partial charge in [-0.15, -0.1) is 0 Å². The van der Waals surface area contributed by atoms with Crippen LogP contribution in [0.1, 0.15) is 21.5 Å². The molecule has 4 rings (SSSR count). The first-order valence-electron chi connectivity index (χ1n) is 10.7. The van der Waals surface area contributed by atoms with E-state index in [1.54, 1.807) is 17.0 Å². The molecule has 0 aliphatic carbocycles. The van der Waals surface area contributed by atoms with Gasteiger partial charge < -0.3 is 14.5 Å². The van der Waals surface area contributed by atoms with Crippen LogP contribution in [0.15, 0.2) is 47.4 Å². The molecule has 2 heterocycles. The first-order valence-corrected chi connectivity index (χ1v) is 12.1. The number of amides is 1. The average molecular weight is 444 g/mol. The molecule has 7 nitrogen and oxygen atoms in total. The van der Waals surface area contributed by atoms with Crippen molar-refractivity contribution in [3.63, 3.8) is 0 Å². The number of carbonyl (C=O) groups excluding carboxylic acids is 1. The Balaban J connectivity index is 1.39. The zero-order valence-corrected chi connectivity index (χ0v) is 18.9. The largest absolute Gasteiger partial charge is 0.378 e. The smallest absolute Gasteiger partial charge is 0.253 e. The number of anilines is 1. The monoisotopic (exact) mass is 443 g/mol. The Labute approximate surface area is 184 Å². The van der Waals surface area contributed by atoms with E-state index in [9.17, 15) is 13.2 Å². The highest BCUT2D eigenvalue weighted by Gasteiger charge is 2.30. The fraction of sp³-hybridized carbons (Fsp3) is 0.435. The summed E-state index contributed by atoms with van der Waals surface area (Å²) in [5, 5.41) is 0. The molecular formula is C23H29N3O4S. The third kappa shape index (κ3) is 4.61. The Kier molecular flexibility index (Phi) is 6.31. The van der Waals surface area contributed by atoms with Gasteiger partial charge in [0.1, 0.15) is 0 Å². The molecule has 0 unspecified atom stereocenters. The number of ether oxygens (including phenoxy) is 1. The van der Waals surface area contributed by atoms with Crippen molar-refractivity contribution in [3.05, 3.63) is 59.2 Å². The second-order valence-electron chi connectivity index (χ2n) is 8.09. The fourth-order valence-electron chi connectivity index (χ4n) is 3.97. The van der Waals surface area contributed by atoms with Gasteiger partial charge in [-0.05, 0) is 61.4 Å². The highest BCUT2D eigenvalue weighted by molar-refractivity contribution is 7.89. The van der Waals surface area contributed by atoms with Crippen molar-refractivity contribution in [1.82, 2.24) is 9.21 Å². The SMILES string of the molecule is Cc1ccc(S(=O)(=O)N2CCN(C(=O)c3ccc(N4CCOCC4)cc3)CC2)cc1C. The van der Waals surface area contributed by atoms with Crippen molar-refractivity contribution >= 4 is 21.6 Å². The van der Waals surface area contributed by atoms with Crippen LogP contribution in [0, 0.1) is 13.8 Å². The van der Waals surface area contributed by atoms with Crippen molar-refractivity contribution in [2.75, 3.05) is 57.4 Å². The molecular weight excluding hydrogens is 414 g/mol. The van der Waals surface area contributed by atoms with Crippen LogP contribution in [0.4, 0.5) is 5.69 Å². The molecule has 0 radical (unpaired) electrons. The summed E-state index contributed by atoms with van der Waals surface area (Å²) in [5.74, 6) is -0.0586. The molecule has 0 saturated carbocycles. The van der Waals surface area contributed by atoms with Crippen LogP contribution in [0.5, 0.6) is 0 Å². The van der Waals surface area contributed by atoms with E-state index in [2.05, 4.69) is 4.90 Å². The highest BCUT2D eigenvalue weighted by atomic mass is 32.2. The lowest BCUT2D eigenvalue weighted by atomic mass is 10.1. The lowest BCUT2D eigenvalue weighted by Crippen LogP contribution is -2.50. The van der Waals surface area contributed by atoms with Crippen molar-refractivity contribution in [3.8, 4) is 0 Å². The molecule has 2 fully saturated rings. The van der Waals surface area contributed by atoms with E-state index in [-0.39, 0.29) is 5.91 Å². The number of nitrogens with zero attached hydrogens (tertiary/aromatic N) is 3. The summed E-state index contributed by atoms with van der Waals surface area (Å²) in [6.07, 6.45) is 0. The molecule has 31 heavy (non-hydrogen) atoms. The lowest BCUT2D eigenvalue weighted by Gasteiger charge is -2.34. The third-order valence-electron chi connectivity index (χ3n) is 6.13. The molecule has 0 spiro atoms. The van der Waals surface area contributed by atoms with Crippen molar-refractivity contribution in [2.45, 2.75) is 18.7 Å². The van der Waals surface area contributed by atoms with Gasteiger partial charge in [-0.1, -0.05) is 6.07 Å². The number of piperazine rings is 1. The molecule has 0 N–H and O–H groups in total. The average Bonchev–Trinajstić information content (AvgIpc) is 2.81. The zero-order chi connectivity index (χ0) is 22.0. The van der Waals surface area contributed by atoms with Crippen molar-refractivity contribution in [2.24, 2.45) is 0 Å². The van der Waals surface area contributed by atoms with Gasteiger partial charge >= 0.3 is 0 Å². The van der Waals surface area contributed by atoms with Crippen LogP contribution < -0.4 is 4.90 Å². The van der Waals surface area contributed by atoms with Gasteiger partial charge in [0.2, 0.25) is 10.0 Å². The third-order valence-corrected chi connectivity index (χ3v) is 8.03. The molecule has 0 atom stereocenters. The summed E-state index contributed by atoms with van der Waals surface area (Å²) in [6, 6.07) is 12.9. The maximum Gasteiger partial charge on any atom is 0.253 e. The summed E-state index contributed by atoms with van der Waals surface area (Å²) < 4.78 is 32.8. The van der Waals surface area contributed by atoms with E-state index in [0.29, 0.717) is 36.6 Å². The van der Waals surface area contributed by atoms with Gasteiger partial charge in [0.05, 0.1) is 18.1 Å². The van der Waals surface area contributed by atoms with E-state index >= 15 is 0 Å². The van der Waals surface area contributed by atoms with Gasteiger partial charge in [-0.25, -0.2) is 8.42 Å². The van der Waals surface area contributed by atoms with E-state index < -0.39 is 10.0 Å². The van der Waals surface area contributed by atoms with Crippen molar-refractivity contribution < 1.29 is 17.9 Å². The van der Waals surface area contributed by atoms with E-state index in [1.165, 1.54) is 4.31 Å². The highest BCUT2D eigenvalue weighted by Crippen LogP contribution is 2.22. The molecule has 8 heteroatoms. The molecule has 0 aromatic heterocycles. The number of morpholine rings is 1. The minimum atomic E-state index is -3.55. The fourth-order valence-corrected chi connectivity index (χ4v) is 5.48. The van der Waals surface area contributed by atoms with Gasteiger partial charge in [-0.2, -0.15) is 4.31 Å². The number of sulfonamides is 1. The number of carbonyl (C=O) groups is 1. The van der Waals surface area contributed by atoms with Gasteiger partial charge in [0.15, 0.2) is 0 Å². The van der Waals surface area contributed by atoms with Crippen LogP contribution in [0.3, 0.4) is 0 Å². The lowest BCUT2D eigenvalue weighted by molar-refractivity contribution is 0.0698. The summed E-state index contributed by atoms with van der Waals surface area (Å²) in [6.45, 7) is 8.38. The summed E-state index contributed by atoms with van der Waals surface area (Å²) in [4.78, 5) is 17.2. The predicted molar refractivity (Wildman–Crippen MR) is 120 cm³/mol. The number of hydrogen-bond donors (Lipinski definition) is 0. The summed E-state index contributed by atoms with van der Waals surface area (Å²) in [7, 11) is -3.55. The Morgan fingerprint density at radius 2 is 1.48 bits per heavy atom. The van der Waals surface area contributed by atoms with Gasteiger partial charge in [0.25, 0.3) is 5.91 Å². The van der Waals surface area contributed by atoms with Crippen LogP contribution in [-0.4, -0.2) is 76.0 Å². The predicted octanol–water partition coefficient (Wildman–Crippen LogP) is 2.29. The number of rotatable bonds is 4. The van der Waals surface area contributed by atoms with Crippen LogP contribution in [0.25, 0.3) is 0 Å². The first kappa shape index (κ1) is 21.8. The Hall–Kier alpha value is -2.42. The van der Waals surface area contributed by atoms with E-state index in [0.717, 1.165) is 43.1 Å². The maximum absolute atomic E-state index is 13.0. The molecule has 1 amide bonds. The van der Waals surface area contributed by atoms with Crippen LogP contribution >= 0.6 is 0 Å². The number of aryl methyl sites for hydroxylation is 2. The van der Waals surface area contributed by atoms with Crippen LogP contribution in [0.2, 0.25) is 0 Å². The molecule has 2 aliphatic heterocycles. The molecule has 2 saturated heterocycles. The standard InChI is InChI=1S/C23H29N3O4S/c1-18-3-8-22(17-19(18)2)31(28,29)26-11-9-25(10-12-26)23(27)20-4-6-21(7-5-20)24-13-15-30-16-14-24/h3-8,17H,9-16H2,1-2H3. The number of benzene rings is 2. The topological polar surface area (TPSA) is 70.2 Å². The Morgan fingerprint density at radius 3 is 2.10 bits per heavy atom. The molecule has 2 aliphatic rings. The quantitative estimate of drug-likeness (QED) is 0.725. The Morgan fingerprint density at radius 1 is 0.839 bits per heavy atom.